The van der Waals surface area contributed by atoms with Crippen molar-refractivity contribution in [3.63, 3.8) is 0 Å². The zero-order chi connectivity index (χ0) is 46.4. The largest absolute Gasteiger partial charge is 0.472 e. The number of phosphoric ester groups is 1. The number of phosphoric acid groups is 1. The number of rotatable bonds is 48. The van der Waals surface area contributed by atoms with Crippen LogP contribution < -0.4 is 5.32 Å². The number of nitrogens with one attached hydrogen (secondary N) is 1. The average Bonchev–Trinajstić information content (AvgIpc) is 3.24. The van der Waals surface area contributed by atoms with Crippen LogP contribution in [-0.2, 0) is 18.4 Å². The van der Waals surface area contributed by atoms with Crippen LogP contribution in [-0.4, -0.2) is 73.4 Å². The van der Waals surface area contributed by atoms with Crippen molar-refractivity contribution in [2.75, 3.05) is 40.9 Å². The van der Waals surface area contributed by atoms with E-state index in [1.165, 1.54) is 173 Å². The molecule has 0 heterocycles. The smallest absolute Gasteiger partial charge is 0.387 e. The van der Waals surface area contributed by atoms with E-state index in [4.69, 9.17) is 9.05 Å². The Kier molecular flexibility index (Phi) is 44.5. The number of amides is 1. The Morgan fingerprint density at radius 1 is 0.540 bits per heavy atom. The molecule has 0 radical (unpaired) electrons. The van der Waals surface area contributed by atoms with E-state index in [1.807, 2.05) is 27.2 Å². The normalized spacial score (nSPS) is 14.5. The van der Waals surface area contributed by atoms with Gasteiger partial charge in [-0.1, -0.05) is 217 Å². The van der Waals surface area contributed by atoms with Crippen LogP contribution in [0.3, 0.4) is 0 Å². The number of nitrogens with zero attached hydrogens (tertiary/aromatic N) is 1. The van der Waals surface area contributed by atoms with Gasteiger partial charge in [0, 0.05) is 6.42 Å². The van der Waals surface area contributed by atoms with Crippen LogP contribution in [0.15, 0.2) is 48.6 Å². The number of hydrogen-bond acceptors (Lipinski definition) is 5. The topological polar surface area (TPSA) is 105 Å². The summed E-state index contributed by atoms with van der Waals surface area (Å²) in [5, 5.41) is 13.9. The molecule has 1 amide bonds. The molecule has 3 unspecified atom stereocenters. The molecule has 0 saturated carbocycles. The first-order valence-electron chi connectivity index (χ1n) is 26.5. The van der Waals surface area contributed by atoms with Crippen molar-refractivity contribution < 1.29 is 32.9 Å². The molecule has 0 aliphatic carbocycles. The molecule has 3 N–H and O–H groups in total. The van der Waals surface area contributed by atoms with E-state index in [0.29, 0.717) is 17.4 Å². The van der Waals surface area contributed by atoms with Gasteiger partial charge in [-0.3, -0.25) is 13.8 Å². The van der Waals surface area contributed by atoms with Crippen molar-refractivity contribution in [2.24, 2.45) is 0 Å². The molecule has 0 aromatic heterocycles. The number of hydrogen-bond donors (Lipinski definition) is 3. The van der Waals surface area contributed by atoms with E-state index in [0.717, 1.165) is 44.9 Å². The Balaban J connectivity index is 4.26. The van der Waals surface area contributed by atoms with Crippen molar-refractivity contribution in [3.8, 4) is 0 Å². The molecular formula is C54H104N2O6P+. The number of allylic oxidation sites excluding steroid dienone is 7. The predicted octanol–water partition coefficient (Wildman–Crippen LogP) is 15.6. The van der Waals surface area contributed by atoms with Crippen LogP contribution in [0.5, 0.6) is 0 Å². The van der Waals surface area contributed by atoms with Crippen LogP contribution in [0.25, 0.3) is 0 Å². The Morgan fingerprint density at radius 3 is 1.37 bits per heavy atom. The average molecular weight is 908 g/mol. The van der Waals surface area contributed by atoms with Crippen molar-refractivity contribution in [1.29, 1.82) is 0 Å². The minimum Gasteiger partial charge on any atom is -0.387 e. The van der Waals surface area contributed by atoms with Gasteiger partial charge in [-0.25, -0.2) is 4.57 Å². The first-order chi connectivity index (χ1) is 30.5. The standard InChI is InChI=1S/C54H103N2O6P/c1-6-8-10-12-14-16-18-20-22-24-25-26-27-28-29-30-31-32-34-36-38-40-42-44-46-48-54(58)55-52(51-62-63(59,60)61-50-49-56(3,4)5)53(57)47-45-43-41-39-37-35-33-23-21-19-17-15-13-11-9-7-2/h18,20,24-25,37,39,45,47,52-53,57H,6-17,19,21-23,26-36,38,40-44,46,48-51H2,1-5H3,(H-,55,58,59,60)/p+1/b20-18-,25-24-,39-37+,47-45+. The Hall–Kier alpha value is -1.54. The lowest BCUT2D eigenvalue weighted by Crippen LogP contribution is -2.45. The van der Waals surface area contributed by atoms with Gasteiger partial charge in [-0.2, -0.15) is 0 Å². The Morgan fingerprint density at radius 2 is 0.921 bits per heavy atom. The summed E-state index contributed by atoms with van der Waals surface area (Å²) < 4.78 is 23.6. The maximum absolute atomic E-state index is 12.9. The summed E-state index contributed by atoms with van der Waals surface area (Å²) in [6, 6.07) is -0.864. The monoisotopic (exact) mass is 908 g/mol. The Labute approximate surface area is 390 Å². The molecule has 3 atom stereocenters. The van der Waals surface area contributed by atoms with Gasteiger partial charge >= 0.3 is 7.82 Å². The summed E-state index contributed by atoms with van der Waals surface area (Å²) in [5.41, 5.74) is 0. The molecule has 0 aliphatic rings. The number of aliphatic hydroxyl groups excluding tert-OH is 1. The van der Waals surface area contributed by atoms with Crippen LogP contribution in [0, 0.1) is 0 Å². The van der Waals surface area contributed by atoms with Crippen LogP contribution in [0.2, 0.25) is 0 Å². The molecule has 0 aromatic carbocycles. The van der Waals surface area contributed by atoms with Crippen molar-refractivity contribution in [3.05, 3.63) is 48.6 Å². The van der Waals surface area contributed by atoms with Crippen molar-refractivity contribution in [1.82, 2.24) is 5.32 Å². The van der Waals surface area contributed by atoms with Gasteiger partial charge in [-0.15, -0.1) is 0 Å². The van der Waals surface area contributed by atoms with E-state index in [1.54, 1.807) is 6.08 Å². The number of carbonyl (C=O) groups is 1. The SMILES string of the molecule is CCCCCCC/C=C\C/C=C\CCCCCCCCCCCCCCCC(=O)NC(COP(=O)(O)OCC[N+](C)(C)C)C(O)/C=C/CC/C=C/CCCCCCCCCCCC. The van der Waals surface area contributed by atoms with Gasteiger partial charge in [-0.05, 0) is 64.2 Å². The van der Waals surface area contributed by atoms with Gasteiger partial charge in [0.1, 0.15) is 13.2 Å². The minimum absolute atomic E-state index is 0.0556. The zero-order valence-electron chi connectivity index (χ0n) is 42.1. The molecule has 9 heteroatoms. The number of unbranched alkanes of at least 4 members (excludes halogenated alkanes) is 29. The summed E-state index contributed by atoms with van der Waals surface area (Å²) in [4.78, 5) is 23.2. The summed E-state index contributed by atoms with van der Waals surface area (Å²) in [5.74, 6) is -0.187. The highest BCUT2D eigenvalue weighted by Crippen LogP contribution is 2.43. The molecule has 0 aromatic rings. The summed E-state index contributed by atoms with van der Waals surface area (Å²) in [6.07, 6.45) is 59.1. The molecule has 0 rings (SSSR count). The zero-order valence-corrected chi connectivity index (χ0v) is 43.0. The second-order valence-corrected chi connectivity index (χ2v) is 20.7. The lowest BCUT2D eigenvalue weighted by molar-refractivity contribution is -0.870. The second-order valence-electron chi connectivity index (χ2n) is 19.2. The molecule has 370 valence electrons. The van der Waals surface area contributed by atoms with Crippen LogP contribution >= 0.6 is 7.82 Å². The summed E-state index contributed by atoms with van der Waals surface area (Å²) in [6.45, 7) is 4.79. The van der Waals surface area contributed by atoms with Crippen molar-refractivity contribution >= 4 is 13.7 Å². The lowest BCUT2D eigenvalue weighted by atomic mass is 10.0. The third-order valence-electron chi connectivity index (χ3n) is 11.8. The second kappa shape index (κ2) is 45.6. The highest BCUT2D eigenvalue weighted by atomic mass is 31.2. The molecular weight excluding hydrogens is 804 g/mol. The number of likely N-dealkylation sites (N-methyl/N-ethyl adjacent to an activating group) is 1. The molecule has 0 spiro atoms. The number of carbonyl (C=O) groups excluding carboxylic acids is 1. The third-order valence-corrected chi connectivity index (χ3v) is 12.8. The molecule has 0 aliphatic heterocycles. The van der Waals surface area contributed by atoms with E-state index >= 15 is 0 Å². The van der Waals surface area contributed by atoms with Gasteiger partial charge in [0.05, 0.1) is 39.9 Å². The molecule has 0 fully saturated rings. The summed E-state index contributed by atoms with van der Waals surface area (Å²) >= 11 is 0. The molecule has 0 saturated heterocycles. The van der Waals surface area contributed by atoms with E-state index in [-0.39, 0.29) is 19.1 Å². The molecule has 0 bridgehead atoms. The van der Waals surface area contributed by atoms with E-state index in [2.05, 4.69) is 55.6 Å². The van der Waals surface area contributed by atoms with Gasteiger partial charge in [0.25, 0.3) is 0 Å². The quantitative estimate of drug-likeness (QED) is 0.0243. The minimum atomic E-state index is -4.35. The van der Waals surface area contributed by atoms with E-state index < -0.39 is 20.0 Å². The first kappa shape index (κ1) is 61.5. The Bertz CT molecular complexity index is 1170. The highest BCUT2D eigenvalue weighted by molar-refractivity contribution is 7.47. The highest BCUT2D eigenvalue weighted by Gasteiger charge is 2.27. The number of aliphatic hydroxyl groups is 1. The van der Waals surface area contributed by atoms with Crippen LogP contribution in [0.4, 0.5) is 0 Å². The van der Waals surface area contributed by atoms with Crippen molar-refractivity contribution in [2.45, 2.75) is 251 Å². The fourth-order valence-corrected chi connectivity index (χ4v) is 8.29. The fraction of sp³-hybridized carbons (Fsp3) is 0.833. The van der Waals surface area contributed by atoms with Gasteiger partial charge < -0.3 is 19.8 Å². The maximum atomic E-state index is 12.9. The summed E-state index contributed by atoms with van der Waals surface area (Å²) in [7, 11) is 1.56. The maximum Gasteiger partial charge on any atom is 0.472 e. The molecule has 8 nitrogen and oxygen atoms in total. The first-order valence-corrected chi connectivity index (χ1v) is 28.0. The van der Waals surface area contributed by atoms with E-state index in [9.17, 15) is 19.4 Å². The van der Waals surface area contributed by atoms with Gasteiger partial charge in [0.15, 0.2) is 0 Å². The van der Waals surface area contributed by atoms with Crippen LogP contribution in [0.1, 0.15) is 239 Å². The third kappa shape index (κ3) is 48.2. The number of quaternary nitrogens is 1. The van der Waals surface area contributed by atoms with Gasteiger partial charge in [0.2, 0.25) is 5.91 Å². The fourth-order valence-electron chi connectivity index (χ4n) is 7.56. The lowest BCUT2D eigenvalue weighted by Gasteiger charge is -2.25. The molecule has 63 heavy (non-hydrogen) atoms. The predicted molar refractivity (Wildman–Crippen MR) is 272 cm³/mol.